The van der Waals surface area contributed by atoms with Crippen molar-refractivity contribution < 1.29 is 9.59 Å². The molecule has 200 valence electrons. The molecule has 1 aromatic carbocycles. The Kier molecular flexibility index (Phi) is 9.02. The lowest BCUT2D eigenvalue weighted by Crippen LogP contribution is -2.57. The van der Waals surface area contributed by atoms with Crippen LogP contribution in [0, 0.1) is 6.92 Å². The predicted molar refractivity (Wildman–Crippen MR) is 150 cm³/mol. The van der Waals surface area contributed by atoms with E-state index >= 15 is 0 Å². The number of carbonyl (C=O) groups is 2. The van der Waals surface area contributed by atoms with Crippen molar-refractivity contribution in [3.8, 4) is 0 Å². The van der Waals surface area contributed by atoms with E-state index in [4.69, 9.17) is 11.6 Å². The summed E-state index contributed by atoms with van der Waals surface area (Å²) in [6.07, 6.45) is 0. The zero-order chi connectivity index (χ0) is 26.5. The average molecular weight is 546 g/mol. The van der Waals surface area contributed by atoms with Gasteiger partial charge in [0.2, 0.25) is 5.91 Å². The molecular weight excluding hydrogens is 510 g/mol. The molecule has 3 heterocycles. The predicted octanol–water partition coefficient (Wildman–Crippen LogP) is 3.51. The Bertz CT molecular complexity index is 1110. The first-order valence-electron chi connectivity index (χ1n) is 12.8. The topological polar surface area (TPSA) is 84.9 Å². The summed E-state index contributed by atoms with van der Waals surface area (Å²) >= 11 is 7.64. The van der Waals surface area contributed by atoms with Gasteiger partial charge in [-0.3, -0.25) is 4.79 Å². The molecule has 1 unspecified atom stereocenters. The third kappa shape index (κ3) is 6.98. The summed E-state index contributed by atoms with van der Waals surface area (Å²) < 4.78 is 0. The second-order valence-electron chi connectivity index (χ2n) is 9.87. The summed E-state index contributed by atoms with van der Waals surface area (Å²) in [7, 11) is 0. The van der Waals surface area contributed by atoms with Crippen molar-refractivity contribution in [3.63, 3.8) is 0 Å². The zero-order valence-electron chi connectivity index (χ0n) is 22.0. The number of hydrogen-bond donors (Lipinski definition) is 1. The molecule has 2 fully saturated rings. The number of anilines is 2. The van der Waals surface area contributed by atoms with Crippen molar-refractivity contribution in [1.82, 2.24) is 25.1 Å². The molecule has 1 N–H and O–H groups in total. The van der Waals surface area contributed by atoms with E-state index in [0.717, 1.165) is 18.9 Å². The maximum atomic E-state index is 12.9. The van der Waals surface area contributed by atoms with Crippen LogP contribution < -0.4 is 15.1 Å². The van der Waals surface area contributed by atoms with Crippen LogP contribution in [0.5, 0.6) is 0 Å². The molecule has 0 bridgehead atoms. The fourth-order valence-electron chi connectivity index (χ4n) is 4.74. The fraction of sp³-hybridized carbons (Fsp3) is 0.538. The first-order chi connectivity index (χ1) is 17.7. The molecule has 2 saturated heterocycles. The molecule has 4 rings (SSSR count). The Morgan fingerprint density at radius 1 is 1.08 bits per heavy atom. The number of aryl methyl sites for hydroxylation is 1. The molecule has 0 spiro atoms. The first-order valence-corrected chi connectivity index (χ1v) is 14.2. The van der Waals surface area contributed by atoms with Crippen LogP contribution >= 0.6 is 23.4 Å². The number of thioether (sulfide) groups is 1. The Hall–Kier alpha value is -2.72. The van der Waals surface area contributed by atoms with E-state index < -0.39 is 0 Å². The molecule has 3 amide bonds. The number of halogens is 1. The molecule has 9 nitrogen and oxygen atoms in total. The van der Waals surface area contributed by atoms with E-state index in [-0.39, 0.29) is 29.8 Å². The van der Waals surface area contributed by atoms with Gasteiger partial charge in [-0.25, -0.2) is 14.8 Å². The number of urea groups is 1. The number of nitrogens with zero attached hydrogens (tertiary/aromatic N) is 6. The summed E-state index contributed by atoms with van der Waals surface area (Å²) in [5, 5.41) is 3.80. The number of benzene rings is 1. The average Bonchev–Trinajstić information content (AvgIpc) is 2.87. The SMILES string of the molecule is Cc1ccccc1N1CCN(C(=O)CSc2nc(Cl)cc(N3CCN(C(=O)NC(C)C)C(C)C3)n2)CC1. The molecule has 2 aliphatic heterocycles. The summed E-state index contributed by atoms with van der Waals surface area (Å²) in [6.45, 7) is 13.0. The van der Waals surface area contributed by atoms with E-state index in [1.807, 2.05) is 36.6 Å². The minimum atomic E-state index is -0.0441. The van der Waals surface area contributed by atoms with Crippen molar-refractivity contribution in [2.45, 2.75) is 44.9 Å². The van der Waals surface area contributed by atoms with Crippen LogP contribution in [0.2, 0.25) is 5.15 Å². The largest absolute Gasteiger partial charge is 0.368 e. The van der Waals surface area contributed by atoms with E-state index in [1.54, 1.807) is 6.07 Å². The van der Waals surface area contributed by atoms with E-state index in [0.29, 0.717) is 43.0 Å². The van der Waals surface area contributed by atoms with Crippen molar-refractivity contribution in [2.24, 2.45) is 0 Å². The van der Waals surface area contributed by atoms with Crippen molar-refractivity contribution in [1.29, 1.82) is 0 Å². The van der Waals surface area contributed by atoms with Gasteiger partial charge in [-0.2, -0.15) is 0 Å². The Morgan fingerprint density at radius 3 is 2.46 bits per heavy atom. The number of para-hydroxylation sites is 1. The van der Waals surface area contributed by atoms with Gasteiger partial charge in [0, 0.05) is 69.7 Å². The van der Waals surface area contributed by atoms with E-state index in [2.05, 4.69) is 50.2 Å². The van der Waals surface area contributed by atoms with Gasteiger partial charge in [-0.05, 0) is 39.3 Å². The van der Waals surface area contributed by atoms with Crippen molar-refractivity contribution in [2.75, 3.05) is 61.4 Å². The number of nitrogens with one attached hydrogen (secondary N) is 1. The van der Waals surface area contributed by atoms with E-state index in [1.165, 1.54) is 23.0 Å². The molecule has 11 heteroatoms. The van der Waals surface area contributed by atoms with Crippen LogP contribution in [0.25, 0.3) is 0 Å². The quantitative estimate of drug-likeness (QED) is 0.338. The Morgan fingerprint density at radius 2 is 1.78 bits per heavy atom. The van der Waals surface area contributed by atoms with Crippen LogP contribution in [-0.2, 0) is 4.79 Å². The molecule has 1 aromatic heterocycles. The van der Waals surface area contributed by atoms with Gasteiger partial charge in [-0.15, -0.1) is 0 Å². The second kappa shape index (κ2) is 12.2. The van der Waals surface area contributed by atoms with Gasteiger partial charge in [0.05, 0.1) is 5.75 Å². The number of amides is 3. The molecule has 2 aromatic rings. The van der Waals surface area contributed by atoms with Crippen LogP contribution in [-0.4, -0.2) is 95.4 Å². The lowest BCUT2D eigenvalue weighted by Gasteiger charge is -2.40. The lowest BCUT2D eigenvalue weighted by molar-refractivity contribution is -0.128. The van der Waals surface area contributed by atoms with Gasteiger partial charge in [0.1, 0.15) is 11.0 Å². The normalized spacial score (nSPS) is 18.4. The number of rotatable bonds is 6. The van der Waals surface area contributed by atoms with Crippen LogP contribution in [0.4, 0.5) is 16.3 Å². The smallest absolute Gasteiger partial charge is 0.317 e. The molecule has 0 aliphatic carbocycles. The van der Waals surface area contributed by atoms with Crippen LogP contribution in [0.3, 0.4) is 0 Å². The zero-order valence-corrected chi connectivity index (χ0v) is 23.6. The number of aromatic nitrogens is 2. The highest BCUT2D eigenvalue weighted by Gasteiger charge is 2.29. The second-order valence-corrected chi connectivity index (χ2v) is 11.2. The third-order valence-corrected chi connectivity index (χ3v) is 7.72. The van der Waals surface area contributed by atoms with E-state index in [9.17, 15) is 9.59 Å². The van der Waals surface area contributed by atoms with Gasteiger partial charge in [0.25, 0.3) is 0 Å². The van der Waals surface area contributed by atoms with Crippen molar-refractivity contribution >= 4 is 46.8 Å². The minimum Gasteiger partial charge on any atom is -0.368 e. The molecule has 37 heavy (non-hydrogen) atoms. The molecule has 0 radical (unpaired) electrons. The highest BCUT2D eigenvalue weighted by molar-refractivity contribution is 7.99. The Labute approximate surface area is 228 Å². The standard InChI is InChI=1S/C26H36ClN7O2S/c1-18(2)28-26(36)34-14-13-33(16-20(34)4)23-15-22(27)29-25(30-23)37-17-24(35)32-11-9-31(10-12-32)21-8-6-5-7-19(21)3/h5-8,15,18,20H,9-14,16-17H2,1-4H3,(H,28,36). The fourth-order valence-corrected chi connectivity index (χ4v) is 5.73. The lowest BCUT2D eigenvalue weighted by atomic mass is 10.1. The summed E-state index contributed by atoms with van der Waals surface area (Å²) in [5.74, 6) is 1.07. The summed E-state index contributed by atoms with van der Waals surface area (Å²) in [6, 6.07) is 10.2. The maximum absolute atomic E-state index is 12.9. The number of piperazine rings is 2. The molecule has 0 saturated carbocycles. The molecule has 1 atom stereocenters. The van der Waals surface area contributed by atoms with Crippen LogP contribution in [0.1, 0.15) is 26.3 Å². The summed E-state index contributed by atoms with van der Waals surface area (Å²) in [4.78, 5) is 42.6. The number of hydrogen-bond acceptors (Lipinski definition) is 7. The van der Waals surface area contributed by atoms with Gasteiger partial charge < -0.3 is 24.9 Å². The number of carbonyl (C=O) groups excluding carboxylic acids is 2. The highest BCUT2D eigenvalue weighted by atomic mass is 35.5. The molecular formula is C26H36ClN7O2S. The Balaban J connectivity index is 1.30. The van der Waals surface area contributed by atoms with Crippen LogP contribution in [0.15, 0.2) is 35.5 Å². The van der Waals surface area contributed by atoms with Crippen molar-refractivity contribution in [3.05, 3.63) is 41.0 Å². The first kappa shape index (κ1) is 27.3. The summed E-state index contributed by atoms with van der Waals surface area (Å²) in [5.41, 5.74) is 2.49. The third-order valence-electron chi connectivity index (χ3n) is 6.70. The van der Waals surface area contributed by atoms with Gasteiger partial charge in [-0.1, -0.05) is 41.6 Å². The van der Waals surface area contributed by atoms with Gasteiger partial charge in [0.15, 0.2) is 5.16 Å². The minimum absolute atomic E-state index is 0.0252. The monoisotopic (exact) mass is 545 g/mol. The maximum Gasteiger partial charge on any atom is 0.317 e. The highest BCUT2D eigenvalue weighted by Crippen LogP contribution is 2.25. The molecule has 2 aliphatic rings. The van der Waals surface area contributed by atoms with Gasteiger partial charge >= 0.3 is 6.03 Å².